The highest BCUT2D eigenvalue weighted by Gasteiger charge is 2.17. The van der Waals surface area contributed by atoms with Crippen molar-refractivity contribution in [3.63, 3.8) is 0 Å². The normalized spacial score (nSPS) is 11.4. The van der Waals surface area contributed by atoms with E-state index in [1.807, 2.05) is 43.3 Å². The maximum absolute atomic E-state index is 12.3. The third-order valence-corrected chi connectivity index (χ3v) is 5.38. The SMILES string of the molecule is C[C@@H](Sc1nnc(Nc2ccccc2)s1)C(=O)Nc1ccc(C#N)cc1. The van der Waals surface area contributed by atoms with Crippen LogP contribution in [0.25, 0.3) is 0 Å². The van der Waals surface area contributed by atoms with Crippen LogP contribution in [0.3, 0.4) is 0 Å². The second-order valence-electron chi connectivity index (χ2n) is 5.30. The van der Waals surface area contributed by atoms with Crippen LogP contribution in [-0.4, -0.2) is 21.4 Å². The Kier molecular flexibility index (Phi) is 5.84. The molecule has 0 saturated heterocycles. The summed E-state index contributed by atoms with van der Waals surface area (Å²) >= 11 is 2.75. The molecule has 0 spiro atoms. The van der Waals surface area contributed by atoms with E-state index in [-0.39, 0.29) is 11.2 Å². The van der Waals surface area contributed by atoms with Crippen molar-refractivity contribution in [3.8, 4) is 6.07 Å². The predicted octanol–water partition coefficient (Wildman–Crippen LogP) is 4.27. The third-order valence-electron chi connectivity index (χ3n) is 3.36. The molecule has 0 saturated carbocycles. The van der Waals surface area contributed by atoms with Crippen LogP contribution < -0.4 is 10.6 Å². The molecule has 130 valence electrons. The van der Waals surface area contributed by atoms with E-state index in [0.29, 0.717) is 20.7 Å². The summed E-state index contributed by atoms with van der Waals surface area (Å²) in [6.45, 7) is 1.81. The van der Waals surface area contributed by atoms with Gasteiger partial charge in [-0.3, -0.25) is 4.79 Å². The molecule has 1 atom stereocenters. The smallest absolute Gasteiger partial charge is 0.237 e. The lowest BCUT2D eigenvalue weighted by atomic mass is 10.2. The largest absolute Gasteiger partial charge is 0.330 e. The van der Waals surface area contributed by atoms with Crippen LogP contribution in [0.15, 0.2) is 58.9 Å². The van der Waals surface area contributed by atoms with E-state index in [9.17, 15) is 4.79 Å². The van der Waals surface area contributed by atoms with Gasteiger partial charge < -0.3 is 10.6 Å². The number of nitrogens with one attached hydrogen (secondary N) is 2. The molecule has 3 aromatic rings. The molecule has 1 aromatic heterocycles. The van der Waals surface area contributed by atoms with Crippen LogP contribution in [0.5, 0.6) is 0 Å². The zero-order valence-corrected chi connectivity index (χ0v) is 15.5. The van der Waals surface area contributed by atoms with Crippen LogP contribution >= 0.6 is 23.1 Å². The van der Waals surface area contributed by atoms with Gasteiger partial charge in [0, 0.05) is 11.4 Å². The van der Waals surface area contributed by atoms with Gasteiger partial charge in [0.15, 0.2) is 4.34 Å². The van der Waals surface area contributed by atoms with Crippen molar-refractivity contribution in [3.05, 3.63) is 60.2 Å². The van der Waals surface area contributed by atoms with Crippen molar-refractivity contribution < 1.29 is 4.79 Å². The number of para-hydroxylation sites is 1. The van der Waals surface area contributed by atoms with Gasteiger partial charge in [-0.25, -0.2) is 0 Å². The van der Waals surface area contributed by atoms with Gasteiger partial charge in [-0.2, -0.15) is 5.26 Å². The molecule has 1 heterocycles. The number of benzene rings is 2. The molecular weight excluding hydrogens is 366 g/mol. The summed E-state index contributed by atoms with van der Waals surface area (Å²) in [6, 6.07) is 18.5. The lowest BCUT2D eigenvalue weighted by molar-refractivity contribution is -0.115. The Balaban J connectivity index is 1.56. The van der Waals surface area contributed by atoms with Crippen molar-refractivity contribution in [2.75, 3.05) is 10.6 Å². The van der Waals surface area contributed by atoms with Crippen molar-refractivity contribution in [1.82, 2.24) is 10.2 Å². The second kappa shape index (κ2) is 8.47. The standard InChI is InChI=1S/C18H15N5OS2/c1-12(16(24)20-15-9-7-13(11-19)8-10-15)25-18-23-22-17(26-18)21-14-5-3-2-4-6-14/h2-10,12H,1H3,(H,20,24)(H,21,22)/t12-/m1/s1. The van der Waals surface area contributed by atoms with Crippen LogP contribution in [0, 0.1) is 11.3 Å². The molecule has 0 fully saturated rings. The summed E-state index contributed by atoms with van der Waals surface area (Å²) in [4.78, 5) is 12.3. The number of carbonyl (C=O) groups is 1. The molecule has 6 nitrogen and oxygen atoms in total. The molecule has 0 unspecified atom stereocenters. The monoisotopic (exact) mass is 381 g/mol. The topological polar surface area (TPSA) is 90.7 Å². The van der Waals surface area contributed by atoms with E-state index < -0.39 is 0 Å². The Morgan fingerprint density at radius 3 is 2.54 bits per heavy atom. The summed E-state index contributed by atoms with van der Waals surface area (Å²) in [7, 11) is 0. The van der Waals surface area contributed by atoms with Crippen LogP contribution in [-0.2, 0) is 4.79 Å². The van der Waals surface area contributed by atoms with Gasteiger partial charge in [-0.05, 0) is 43.3 Å². The Morgan fingerprint density at radius 2 is 1.85 bits per heavy atom. The van der Waals surface area contributed by atoms with Gasteiger partial charge in [0.2, 0.25) is 11.0 Å². The number of aromatic nitrogens is 2. The van der Waals surface area contributed by atoms with Crippen LogP contribution in [0.2, 0.25) is 0 Å². The number of carbonyl (C=O) groups excluding carboxylic acids is 1. The first kappa shape index (κ1) is 17.9. The van der Waals surface area contributed by atoms with Crippen molar-refractivity contribution >= 4 is 45.5 Å². The Hall–Kier alpha value is -2.89. The van der Waals surface area contributed by atoms with E-state index in [2.05, 4.69) is 20.8 Å². The van der Waals surface area contributed by atoms with E-state index >= 15 is 0 Å². The van der Waals surface area contributed by atoms with E-state index in [1.54, 1.807) is 24.3 Å². The minimum atomic E-state index is -0.330. The van der Waals surface area contributed by atoms with Crippen molar-refractivity contribution in [2.45, 2.75) is 16.5 Å². The predicted molar refractivity (Wildman–Crippen MR) is 105 cm³/mol. The average Bonchev–Trinajstić information content (AvgIpc) is 3.10. The molecule has 8 heteroatoms. The molecule has 0 aliphatic carbocycles. The molecule has 2 aromatic carbocycles. The fourth-order valence-corrected chi connectivity index (χ4v) is 3.95. The third kappa shape index (κ3) is 4.81. The van der Waals surface area contributed by atoms with E-state index in [4.69, 9.17) is 5.26 Å². The summed E-state index contributed by atoms with van der Waals surface area (Å²) in [5, 5.41) is 23.4. The van der Waals surface area contributed by atoms with Gasteiger partial charge >= 0.3 is 0 Å². The molecule has 0 bridgehead atoms. The Labute approximate surface area is 159 Å². The molecule has 1 amide bonds. The van der Waals surface area contributed by atoms with E-state index in [1.165, 1.54) is 23.1 Å². The first-order valence-electron chi connectivity index (χ1n) is 7.77. The van der Waals surface area contributed by atoms with Gasteiger partial charge in [0.1, 0.15) is 0 Å². The summed E-state index contributed by atoms with van der Waals surface area (Å²) in [5.74, 6) is -0.132. The highest BCUT2D eigenvalue weighted by atomic mass is 32.2. The minimum Gasteiger partial charge on any atom is -0.330 e. The zero-order valence-electron chi connectivity index (χ0n) is 13.8. The lowest BCUT2D eigenvalue weighted by Crippen LogP contribution is -2.22. The first-order valence-corrected chi connectivity index (χ1v) is 9.47. The molecule has 0 radical (unpaired) electrons. The molecular formula is C18H15N5OS2. The number of rotatable bonds is 6. The number of amides is 1. The fraction of sp³-hybridized carbons (Fsp3) is 0.111. The molecule has 0 aliphatic rings. The maximum Gasteiger partial charge on any atom is 0.237 e. The van der Waals surface area contributed by atoms with Crippen molar-refractivity contribution in [1.29, 1.82) is 5.26 Å². The summed E-state index contributed by atoms with van der Waals surface area (Å²) in [5.41, 5.74) is 2.15. The Morgan fingerprint density at radius 1 is 1.12 bits per heavy atom. The van der Waals surface area contributed by atoms with Crippen LogP contribution in [0.1, 0.15) is 12.5 Å². The quantitative estimate of drug-likeness (QED) is 0.620. The van der Waals surface area contributed by atoms with Gasteiger partial charge in [-0.15, -0.1) is 10.2 Å². The van der Waals surface area contributed by atoms with Gasteiger partial charge in [-0.1, -0.05) is 41.3 Å². The highest BCUT2D eigenvalue weighted by molar-refractivity contribution is 8.02. The summed E-state index contributed by atoms with van der Waals surface area (Å²) < 4.78 is 0.714. The zero-order chi connectivity index (χ0) is 18.4. The number of nitrogens with zero attached hydrogens (tertiary/aromatic N) is 3. The van der Waals surface area contributed by atoms with Gasteiger partial charge in [0.05, 0.1) is 16.9 Å². The maximum atomic E-state index is 12.3. The average molecular weight is 381 g/mol. The lowest BCUT2D eigenvalue weighted by Gasteiger charge is -2.10. The highest BCUT2D eigenvalue weighted by Crippen LogP contribution is 2.30. The van der Waals surface area contributed by atoms with Crippen LogP contribution in [0.4, 0.5) is 16.5 Å². The number of nitriles is 1. The second-order valence-corrected chi connectivity index (χ2v) is 7.87. The molecule has 0 aliphatic heterocycles. The fourth-order valence-electron chi connectivity index (χ4n) is 2.03. The first-order chi connectivity index (χ1) is 12.6. The molecule has 26 heavy (non-hydrogen) atoms. The number of hydrogen-bond donors (Lipinski definition) is 2. The molecule has 2 N–H and O–H groups in total. The number of hydrogen-bond acceptors (Lipinski definition) is 7. The minimum absolute atomic E-state index is 0.132. The van der Waals surface area contributed by atoms with E-state index in [0.717, 1.165) is 5.69 Å². The Bertz CT molecular complexity index is 919. The van der Waals surface area contributed by atoms with Crippen molar-refractivity contribution in [2.24, 2.45) is 0 Å². The number of anilines is 3. The summed E-state index contributed by atoms with van der Waals surface area (Å²) in [6.07, 6.45) is 0. The number of thioether (sulfide) groups is 1. The van der Waals surface area contributed by atoms with Gasteiger partial charge in [0.25, 0.3) is 0 Å². The molecule has 3 rings (SSSR count).